The number of carbonyl (C=O) groups excluding carboxylic acids is 2. The Morgan fingerprint density at radius 3 is 2.92 bits per heavy atom. The molecule has 24 heavy (non-hydrogen) atoms. The Hall–Kier alpha value is -2.67. The van der Waals surface area contributed by atoms with Gasteiger partial charge in [0.2, 0.25) is 5.91 Å². The average Bonchev–Trinajstić information content (AvgIpc) is 2.77. The van der Waals surface area contributed by atoms with Gasteiger partial charge in [0.05, 0.1) is 18.4 Å². The standard InChI is InChI=1S/C17H21N5O2/c1-11(23)22-6-4-15-16-12(9-19-20-15)8-13(14(16)10-22)17(24)18-5-7-21(2)3/h4,6,8-9,20H,5,7,10H2,1-3H3,(H,18,24). The number of aromatic amines is 1. The van der Waals surface area contributed by atoms with Crippen molar-refractivity contribution in [2.24, 2.45) is 0 Å². The van der Waals surface area contributed by atoms with Gasteiger partial charge in [0.15, 0.2) is 0 Å². The van der Waals surface area contributed by atoms with E-state index >= 15 is 0 Å². The predicted octanol–water partition coefficient (Wildman–Crippen LogP) is 1.14. The summed E-state index contributed by atoms with van der Waals surface area (Å²) in [7, 11) is 3.92. The third-order valence-corrected chi connectivity index (χ3v) is 4.12. The summed E-state index contributed by atoms with van der Waals surface area (Å²) in [6.45, 7) is 3.22. The molecule has 0 atom stereocenters. The van der Waals surface area contributed by atoms with Crippen molar-refractivity contribution in [1.29, 1.82) is 0 Å². The first-order chi connectivity index (χ1) is 11.5. The van der Waals surface area contributed by atoms with Gasteiger partial charge in [-0.15, -0.1) is 0 Å². The summed E-state index contributed by atoms with van der Waals surface area (Å²) in [6.07, 6.45) is 5.25. The molecule has 0 fully saturated rings. The van der Waals surface area contributed by atoms with E-state index in [1.165, 1.54) is 6.92 Å². The van der Waals surface area contributed by atoms with Crippen LogP contribution in [0.3, 0.4) is 0 Å². The lowest BCUT2D eigenvalue weighted by molar-refractivity contribution is -0.126. The summed E-state index contributed by atoms with van der Waals surface area (Å²) < 4.78 is 0. The molecule has 0 aromatic carbocycles. The van der Waals surface area contributed by atoms with Crippen LogP contribution in [0.25, 0.3) is 17.2 Å². The number of likely N-dealkylation sites (N-methyl/N-ethyl adjacent to an activating group) is 1. The summed E-state index contributed by atoms with van der Waals surface area (Å²) in [5.74, 6) is -0.195. The number of nitrogens with one attached hydrogen (secondary N) is 2. The number of H-pyrrole nitrogens is 1. The number of carbonyl (C=O) groups is 2. The third kappa shape index (κ3) is 3.03. The fourth-order valence-corrected chi connectivity index (χ4v) is 2.85. The monoisotopic (exact) mass is 327 g/mol. The molecule has 3 rings (SSSR count). The third-order valence-electron chi connectivity index (χ3n) is 4.12. The topological polar surface area (TPSA) is 81.3 Å². The second-order valence-electron chi connectivity index (χ2n) is 6.17. The molecule has 0 saturated heterocycles. The molecule has 7 heteroatoms. The van der Waals surface area contributed by atoms with Gasteiger partial charge < -0.3 is 15.1 Å². The van der Waals surface area contributed by atoms with Gasteiger partial charge in [-0.1, -0.05) is 0 Å². The summed E-state index contributed by atoms with van der Waals surface area (Å²) >= 11 is 0. The molecule has 126 valence electrons. The highest BCUT2D eigenvalue weighted by atomic mass is 16.2. The Morgan fingerprint density at radius 1 is 1.42 bits per heavy atom. The number of amides is 2. The van der Waals surface area contributed by atoms with E-state index in [-0.39, 0.29) is 11.8 Å². The molecule has 2 amide bonds. The van der Waals surface area contributed by atoms with Gasteiger partial charge in [0.1, 0.15) is 0 Å². The van der Waals surface area contributed by atoms with E-state index < -0.39 is 0 Å². The first kappa shape index (κ1) is 16.2. The highest BCUT2D eigenvalue weighted by Gasteiger charge is 2.26. The molecule has 2 aliphatic heterocycles. The summed E-state index contributed by atoms with van der Waals surface area (Å²) in [6, 6.07) is 1.84. The predicted molar refractivity (Wildman–Crippen MR) is 91.4 cm³/mol. The van der Waals surface area contributed by atoms with Crippen molar-refractivity contribution in [2.75, 3.05) is 27.2 Å². The minimum Gasteiger partial charge on any atom is -0.351 e. The van der Waals surface area contributed by atoms with Crippen molar-refractivity contribution in [3.63, 3.8) is 0 Å². The Labute approximate surface area is 140 Å². The Kier molecular flexibility index (Phi) is 4.35. The van der Waals surface area contributed by atoms with Gasteiger partial charge in [-0.2, -0.15) is 5.10 Å². The van der Waals surface area contributed by atoms with Crippen molar-refractivity contribution < 1.29 is 9.59 Å². The molecular weight excluding hydrogens is 306 g/mol. The number of aromatic nitrogens is 2. The van der Waals surface area contributed by atoms with E-state index in [2.05, 4.69) is 15.5 Å². The molecule has 0 saturated carbocycles. The molecule has 1 aliphatic carbocycles. The van der Waals surface area contributed by atoms with Crippen molar-refractivity contribution in [3.8, 4) is 11.1 Å². The minimum absolute atomic E-state index is 0.0691. The van der Waals surface area contributed by atoms with E-state index in [4.69, 9.17) is 0 Å². The van der Waals surface area contributed by atoms with Crippen LogP contribution in [-0.2, 0) is 11.3 Å². The van der Waals surface area contributed by atoms with Crippen LogP contribution in [-0.4, -0.2) is 59.0 Å². The molecule has 2 heterocycles. The highest BCUT2D eigenvalue weighted by Crippen LogP contribution is 2.36. The highest BCUT2D eigenvalue weighted by molar-refractivity contribution is 6.01. The van der Waals surface area contributed by atoms with Crippen LogP contribution < -0.4 is 5.32 Å². The van der Waals surface area contributed by atoms with Crippen LogP contribution in [0.1, 0.15) is 28.5 Å². The second-order valence-corrected chi connectivity index (χ2v) is 6.17. The molecule has 0 unspecified atom stereocenters. The second kappa shape index (κ2) is 6.45. The largest absolute Gasteiger partial charge is 0.351 e. The smallest absolute Gasteiger partial charge is 0.251 e. The Bertz CT molecular complexity index is 778. The van der Waals surface area contributed by atoms with Crippen molar-refractivity contribution >= 4 is 17.9 Å². The molecule has 0 bridgehead atoms. The molecule has 7 nitrogen and oxygen atoms in total. The normalized spacial score (nSPS) is 13.4. The van der Waals surface area contributed by atoms with Crippen molar-refractivity contribution in [1.82, 2.24) is 25.3 Å². The molecule has 0 aromatic rings. The number of hydrogen-bond donors (Lipinski definition) is 2. The van der Waals surface area contributed by atoms with E-state index in [0.29, 0.717) is 18.7 Å². The molecule has 0 radical (unpaired) electrons. The lowest BCUT2D eigenvalue weighted by Crippen LogP contribution is -2.32. The summed E-state index contributed by atoms with van der Waals surface area (Å²) in [5, 5.41) is 10.00. The zero-order valence-electron chi connectivity index (χ0n) is 14.1. The SMILES string of the molecule is CC(=O)N1C=Cc2[nH]ncc3cc(C(=O)NCCN(C)C)c(c2-3)C1. The van der Waals surface area contributed by atoms with Crippen LogP contribution in [0, 0.1) is 0 Å². The molecule has 3 aliphatic rings. The van der Waals surface area contributed by atoms with Gasteiger partial charge in [0.25, 0.3) is 5.91 Å². The van der Waals surface area contributed by atoms with Crippen LogP contribution in [0.2, 0.25) is 0 Å². The molecular formula is C17H21N5O2. The van der Waals surface area contributed by atoms with Gasteiger partial charge in [-0.05, 0) is 31.8 Å². The quantitative estimate of drug-likeness (QED) is 0.882. The van der Waals surface area contributed by atoms with Crippen molar-refractivity contribution in [2.45, 2.75) is 13.5 Å². The Morgan fingerprint density at radius 2 is 2.21 bits per heavy atom. The number of rotatable bonds is 4. The number of nitrogens with zero attached hydrogens (tertiary/aromatic N) is 3. The zero-order chi connectivity index (χ0) is 17.3. The van der Waals surface area contributed by atoms with Crippen LogP contribution in [0.4, 0.5) is 0 Å². The van der Waals surface area contributed by atoms with Crippen molar-refractivity contribution in [3.05, 3.63) is 35.3 Å². The lowest BCUT2D eigenvalue weighted by atomic mass is 10.1. The summed E-state index contributed by atoms with van der Waals surface area (Å²) in [5.41, 5.74) is 4.09. The summed E-state index contributed by atoms with van der Waals surface area (Å²) in [4.78, 5) is 28.0. The maximum absolute atomic E-state index is 12.6. The van der Waals surface area contributed by atoms with Gasteiger partial charge in [-0.3, -0.25) is 14.7 Å². The van der Waals surface area contributed by atoms with Gasteiger partial charge in [-0.25, -0.2) is 0 Å². The van der Waals surface area contributed by atoms with Crippen LogP contribution in [0.5, 0.6) is 0 Å². The zero-order valence-corrected chi connectivity index (χ0v) is 14.1. The Balaban J connectivity index is 1.97. The maximum Gasteiger partial charge on any atom is 0.251 e. The number of hydrogen-bond acceptors (Lipinski definition) is 4. The molecule has 0 aromatic heterocycles. The van der Waals surface area contributed by atoms with Crippen LogP contribution in [0.15, 0.2) is 18.5 Å². The van der Waals surface area contributed by atoms with Gasteiger partial charge >= 0.3 is 0 Å². The van der Waals surface area contributed by atoms with E-state index in [0.717, 1.165) is 28.9 Å². The average molecular weight is 327 g/mol. The van der Waals surface area contributed by atoms with Gasteiger partial charge in [0, 0.05) is 42.9 Å². The van der Waals surface area contributed by atoms with E-state index in [9.17, 15) is 9.59 Å². The first-order valence-electron chi connectivity index (χ1n) is 7.84. The molecule has 2 N–H and O–H groups in total. The molecule has 0 spiro atoms. The van der Waals surface area contributed by atoms with Crippen LogP contribution >= 0.6 is 0 Å². The minimum atomic E-state index is -0.126. The van der Waals surface area contributed by atoms with E-state index in [1.54, 1.807) is 17.3 Å². The fraction of sp³-hybridized carbons (Fsp3) is 0.353. The fourth-order valence-electron chi connectivity index (χ4n) is 2.85. The maximum atomic E-state index is 12.6. The first-order valence-corrected chi connectivity index (χ1v) is 7.84. The van der Waals surface area contributed by atoms with E-state index in [1.807, 2.05) is 31.1 Å². The lowest BCUT2D eigenvalue weighted by Gasteiger charge is -2.16.